The number of ether oxygens (including phenoxy) is 3. The zero-order chi connectivity index (χ0) is 26.1. The van der Waals surface area contributed by atoms with Crippen LogP contribution in [-0.2, 0) is 16.2 Å². The van der Waals surface area contributed by atoms with Crippen molar-refractivity contribution in [2.24, 2.45) is 5.10 Å². The van der Waals surface area contributed by atoms with Gasteiger partial charge in [-0.15, -0.1) is 0 Å². The van der Waals surface area contributed by atoms with E-state index in [0.717, 1.165) is 0 Å². The van der Waals surface area contributed by atoms with Crippen molar-refractivity contribution in [3.63, 3.8) is 0 Å². The Balaban J connectivity index is 1.62. The smallest absolute Gasteiger partial charge is 0.329 e. The molecule has 10 heteroatoms. The third kappa shape index (κ3) is 7.13. The Labute approximate surface area is 219 Å². The standard InChI is InChI=1S/C26H25Cl2N3O5/c1-4-35-19-11-9-18(10-12-19)29-25(32)26(33)31-30-16(2)17-8-13-23(24(14-17)34-3)36-15-20-21(27)6-5-7-22(20)28/h5-14H,4,15H2,1-3H3,(H,29,32)(H,31,33)/b30-16+. The Kier molecular flexibility index (Phi) is 9.55. The maximum Gasteiger partial charge on any atom is 0.329 e. The Morgan fingerprint density at radius 3 is 2.25 bits per heavy atom. The van der Waals surface area contributed by atoms with Crippen LogP contribution in [0.5, 0.6) is 17.2 Å². The lowest BCUT2D eigenvalue weighted by atomic mass is 10.1. The van der Waals surface area contributed by atoms with Crippen LogP contribution >= 0.6 is 23.2 Å². The van der Waals surface area contributed by atoms with E-state index < -0.39 is 11.8 Å². The van der Waals surface area contributed by atoms with E-state index in [1.165, 1.54) is 7.11 Å². The molecular formula is C26H25Cl2N3O5. The molecule has 8 nitrogen and oxygen atoms in total. The van der Waals surface area contributed by atoms with Crippen LogP contribution in [0.15, 0.2) is 65.8 Å². The fraction of sp³-hybridized carbons (Fsp3) is 0.192. The predicted molar refractivity (Wildman–Crippen MR) is 140 cm³/mol. The zero-order valence-corrected chi connectivity index (χ0v) is 21.4. The van der Waals surface area contributed by atoms with Gasteiger partial charge in [-0.25, -0.2) is 5.43 Å². The first-order chi connectivity index (χ1) is 17.3. The molecule has 0 aromatic heterocycles. The molecule has 0 radical (unpaired) electrons. The molecule has 0 saturated heterocycles. The van der Waals surface area contributed by atoms with E-state index in [-0.39, 0.29) is 6.61 Å². The highest BCUT2D eigenvalue weighted by molar-refractivity contribution is 6.39. The zero-order valence-electron chi connectivity index (χ0n) is 19.9. The number of nitrogens with one attached hydrogen (secondary N) is 2. The number of methoxy groups -OCH3 is 1. The van der Waals surface area contributed by atoms with Gasteiger partial charge in [0.1, 0.15) is 12.4 Å². The highest BCUT2D eigenvalue weighted by atomic mass is 35.5. The number of hydrazone groups is 1. The molecule has 0 atom stereocenters. The van der Waals surface area contributed by atoms with Gasteiger partial charge in [0.15, 0.2) is 11.5 Å². The molecule has 36 heavy (non-hydrogen) atoms. The normalized spacial score (nSPS) is 11.0. The van der Waals surface area contributed by atoms with Crippen LogP contribution in [0, 0.1) is 0 Å². The number of halogens is 2. The highest BCUT2D eigenvalue weighted by Gasteiger charge is 2.15. The number of carbonyl (C=O) groups excluding carboxylic acids is 2. The Bertz CT molecular complexity index is 1240. The van der Waals surface area contributed by atoms with Gasteiger partial charge in [-0.2, -0.15) is 5.10 Å². The average Bonchev–Trinajstić information content (AvgIpc) is 2.88. The van der Waals surface area contributed by atoms with Crippen molar-refractivity contribution in [1.82, 2.24) is 5.43 Å². The number of nitrogens with zero attached hydrogens (tertiary/aromatic N) is 1. The summed E-state index contributed by atoms with van der Waals surface area (Å²) in [7, 11) is 1.51. The van der Waals surface area contributed by atoms with Gasteiger partial charge in [-0.3, -0.25) is 9.59 Å². The minimum atomic E-state index is -0.910. The maximum atomic E-state index is 12.2. The first-order valence-corrected chi connectivity index (χ1v) is 11.7. The van der Waals surface area contributed by atoms with E-state index in [0.29, 0.717) is 56.4 Å². The number of anilines is 1. The third-order valence-corrected chi connectivity index (χ3v) is 5.68. The molecule has 0 aliphatic carbocycles. The number of rotatable bonds is 9. The minimum Gasteiger partial charge on any atom is -0.494 e. The van der Waals surface area contributed by atoms with E-state index in [9.17, 15) is 9.59 Å². The molecule has 3 aromatic carbocycles. The van der Waals surface area contributed by atoms with Crippen LogP contribution in [0.4, 0.5) is 5.69 Å². The summed E-state index contributed by atoms with van der Waals surface area (Å²) in [6.45, 7) is 4.24. The van der Waals surface area contributed by atoms with Crippen molar-refractivity contribution in [2.45, 2.75) is 20.5 Å². The highest BCUT2D eigenvalue weighted by Crippen LogP contribution is 2.31. The SMILES string of the molecule is CCOc1ccc(NC(=O)C(=O)N/N=C(\C)c2ccc(OCc3c(Cl)cccc3Cl)c(OC)c2)cc1. The van der Waals surface area contributed by atoms with Crippen LogP contribution in [-0.4, -0.2) is 31.2 Å². The second kappa shape index (κ2) is 12.8. The summed E-state index contributed by atoms with van der Waals surface area (Å²) in [6.07, 6.45) is 0. The topological polar surface area (TPSA) is 98.2 Å². The van der Waals surface area contributed by atoms with Crippen molar-refractivity contribution >= 4 is 46.4 Å². The molecule has 3 aromatic rings. The Morgan fingerprint density at radius 1 is 0.917 bits per heavy atom. The largest absolute Gasteiger partial charge is 0.494 e. The van der Waals surface area contributed by atoms with E-state index >= 15 is 0 Å². The molecule has 0 bridgehead atoms. The fourth-order valence-electron chi connectivity index (χ4n) is 3.07. The lowest BCUT2D eigenvalue weighted by molar-refractivity contribution is -0.136. The molecule has 3 rings (SSSR count). The maximum absolute atomic E-state index is 12.2. The van der Waals surface area contributed by atoms with E-state index in [1.54, 1.807) is 67.6 Å². The number of amides is 2. The second-order valence-corrected chi connectivity index (χ2v) is 8.22. The van der Waals surface area contributed by atoms with Crippen molar-refractivity contribution in [3.05, 3.63) is 81.8 Å². The molecule has 0 heterocycles. The molecule has 0 fully saturated rings. The number of hydrogen-bond acceptors (Lipinski definition) is 6. The molecule has 2 amide bonds. The van der Waals surface area contributed by atoms with Crippen LogP contribution in [0.1, 0.15) is 25.0 Å². The van der Waals surface area contributed by atoms with Crippen LogP contribution in [0.3, 0.4) is 0 Å². The summed E-state index contributed by atoms with van der Waals surface area (Å²) in [6, 6.07) is 17.1. The van der Waals surface area contributed by atoms with E-state index in [4.69, 9.17) is 37.4 Å². The molecular weight excluding hydrogens is 505 g/mol. The molecule has 0 aliphatic heterocycles. The summed E-state index contributed by atoms with van der Waals surface area (Å²) >= 11 is 12.4. The van der Waals surface area contributed by atoms with Gasteiger partial charge in [-0.1, -0.05) is 29.3 Å². The van der Waals surface area contributed by atoms with Gasteiger partial charge < -0.3 is 19.5 Å². The summed E-state index contributed by atoms with van der Waals surface area (Å²) in [5, 5.41) is 7.53. The Morgan fingerprint density at radius 2 is 1.61 bits per heavy atom. The first kappa shape index (κ1) is 26.8. The van der Waals surface area contributed by atoms with E-state index in [2.05, 4.69) is 15.8 Å². The monoisotopic (exact) mass is 529 g/mol. The second-order valence-electron chi connectivity index (χ2n) is 7.40. The fourth-order valence-corrected chi connectivity index (χ4v) is 3.58. The lowest BCUT2D eigenvalue weighted by Crippen LogP contribution is -2.32. The van der Waals surface area contributed by atoms with Crippen molar-refractivity contribution < 1.29 is 23.8 Å². The van der Waals surface area contributed by atoms with Crippen molar-refractivity contribution in [2.75, 3.05) is 19.0 Å². The molecule has 0 unspecified atom stereocenters. The number of carbonyl (C=O) groups is 2. The van der Waals surface area contributed by atoms with Crippen LogP contribution < -0.4 is 25.0 Å². The summed E-state index contributed by atoms with van der Waals surface area (Å²) in [5.74, 6) is -0.171. The van der Waals surface area contributed by atoms with Gasteiger partial charge in [0.05, 0.1) is 19.4 Å². The average molecular weight is 530 g/mol. The molecule has 188 valence electrons. The molecule has 2 N–H and O–H groups in total. The molecule has 0 aliphatic rings. The summed E-state index contributed by atoms with van der Waals surface area (Å²) < 4.78 is 16.6. The van der Waals surface area contributed by atoms with Crippen molar-refractivity contribution in [1.29, 1.82) is 0 Å². The Hall–Kier alpha value is -3.75. The van der Waals surface area contributed by atoms with Gasteiger partial charge in [0.2, 0.25) is 0 Å². The number of benzene rings is 3. The van der Waals surface area contributed by atoms with Gasteiger partial charge in [-0.05, 0) is 68.4 Å². The summed E-state index contributed by atoms with van der Waals surface area (Å²) in [4.78, 5) is 24.4. The minimum absolute atomic E-state index is 0.154. The van der Waals surface area contributed by atoms with Crippen LogP contribution in [0.25, 0.3) is 0 Å². The summed E-state index contributed by atoms with van der Waals surface area (Å²) in [5.41, 5.74) is 4.48. The van der Waals surface area contributed by atoms with Gasteiger partial charge >= 0.3 is 11.8 Å². The van der Waals surface area contributed by atoms with E-state index in [1.807, 2.05) is 6.92 Å². The van der Waals surface area contributed by atoms with Crippen LogP contribution in [0.2, 0.25) is 10.0 Å². The van der Waals surface area contributed by atoms with Crippen molar-refractivity contribution in [3.8, 4) is 17.2 Å². The number of hydrogen-bond donors (Lipinski definition) is 2. The first-order valence-electron chi connectivity index (χ1n) is 10.9. The van der Waals surface area contributed by atoms with Gasteiger partial charge in [0.25, 0.3) is 0 Å². The lowest BCUT2D eigenvalue weighted by Gasteiger charge is -2.13. The molecule has 0 spiro atoms. The molecule has 0 saturated carbocycles. The quantitative estimate of drug-likeness (QED) is 0.218. The predicted octanol–water partition coefficient (Wildman–Crippen LogP) is 5.46. The third-order valence-electron chi connectivity index (χ3n) is 4.97. The van der Waals surface area contributed by atoms with Gasteiger partial charge in [0, 0.05) is 26.9 Å².